The van der Waals surface area contributed by atoms with Crippen molar-refractivity contribution in [3.63, 3.8) is 0 Å². The van der Waals surface area contributed by atoms with Gasteiger partial charge in [0.2, 0.25) is 0 Å². The highest BCUT2D eigenvalue weighted by Crippen LogP contribution is 2.27. The minimum absolute atomic E-state index is 0.0357. The number of benzene rings is 1. The highest BCUT2D eigenvalue weighted by atomic mass is 16.4. The van der Waals surface area contributed by atoms with Crippen molar-refractivity contribution in [1.82, 2.24) is 28.6 Å². The Bertz CT molecular complexity index is 1410. The average Bonchev–Trinajstić information content (AvgIpc) is 3.50. The molecule has 0 saturated carbocycles. The third-order valence-electron chi connectivity index (χ3n) is 6.54. The Balaban J connectivity index is 1.46. The Kier molecular flexibility index (Phi) is 5.45. The summed E-state index contributed by atoms with van der Waals surface area (Å²) in [5, 5.41) is 9.28. The van der Waals surface area contributed by atoms with Crippen molar-refractivity contribution in [3.8, 4) is 5.69 Å². The summed E-state index contributed by atoms with van der Waals surface area (Å²) < 4.78 is 5.13. The average molecular weight is 462 g/mol. The van der Waals surface area contributed by atoms with Gasteiger partial charge in [-0.1, -0.05) is 0 Å². The van der Waals surface area contributed by atoms with E-state index in [4.69, 9.17) is 0 Å². The lowest BCUT2D eigenvalue weighted by molar-refractivity contribution is 0.0686. The molecule has 1 fully saturated rings. The Morgan fingerprint density at radius 1 is 1.18 bits per heavy atom. The SMILES string of the molecule is CN(C)c1ccc(-n2c(=O)n(C3CCN(Cc4ncc(C(=O)O)n4C)C3)c3ncccc32)cc1. The molecule has 1 N–H and O–H groups in total. The fraction of sp³-hybridized carbons (Fsp3) is 0.333. The van der Waals surface area contributed by atoms with Gasteiger partial charge >= 0.3 is 11.7 Å². The first kappa shape index (κ1) is 21.9. The minimum atomic E-state index is -0.996. The number of imidazole rings is 2. The molecule has 3 aromatic heterocycles. The van der Waals surface area contributed by atoms with Crippen molar-refractivity contribution in [1.29, 1.82) is 0 Å². The van der Waals surface area contributed by atoms with Crippen LogP contribution < -0.4 is 10.6 Å². The van der Waals surface area contributed by atoms with Gasteiger partial charge < -0.3 is 14.6 Å². The quantitative estimate of drug-likeness (QED) is 0.469. The fourth-order valence-electron chi connectivity index (χ4n) is 4.69. The van der Waals surface area contributed by atoms with Gasteiger partial charge in [-0.3, -0.25) is 14.0 Å². The van der Waals surface area contributed by atoms with Crippen molar-refractivity contribution < 1.29 is 9.90 Å². The van der Waals surface area contributed by atoms with Crippen LogP contribution in [0.2, 0.25) is 0 Å². The Morgan fingerprint density at radius 3 is 2.62 bits per heavy atom. The first-order valence-electron chi connectivity index (χ1n) is 11.2. The van der Waals surface area contributed by atoms with E-state index in [-0.39, 0.29) is 17.4 Å². The summed E-state index contributed by atoms with van der Waals surface area (Å²) in [5.41, 5.74) is 3.36. The normalized spacial score (nSPS) is 16.4. The summed E-state index contributed by atoms with van der Waals surface area (Å²) in [6.07, 6.45) is 3.89. The number of pyridine rings is 1. The van der Waals surface area contributed by atoms with E-state index in [2.05, 4.69) is 14.9 Å². The van der Waals surface area contributed by atoms with Crippen molar-refractivity contribution in [3.05, 3.63) is 70.8 Å². The number of anilines is 1. The van der Waals surface area contributed by atoms with Crippen LogP contribution >= 0.6 is 0 Å². The predicted octanol–water partition coefficient (Wildman–Crippen LogP) is 2.13. The van der Waals surface area contributed by atoms with E-state index in [1.807, 2.05) is 55.4 Å². The number of aromatic nitrogens is 5. The first-order valence-corrected chi connectivity index (χ1v) is 11.2. The fourth-order valence-corrected chi connectivity index (χ4v) is 4.69. The summed E-state index contributed by atoms with van der Waals surface area (Å²) >= 11 is 0. The molecule has 0 bridgehead atoms. The predicted molar refractivity (Wildman–Crippen MR) is 129 cm³/mol. The largest absolute Gasteiger partial charge is 0.477 e. The van der Waals surface area contributed by atoms with Gasteiger partial charge in [0.1, 0.15) is 11.5 Å². The zero-order chi connectivity index (χ0) is 24.0. The van der Waals surface area contributed by atoms with E-state index >= 15 is 0 Å². The summed E-state index contributed by atoms with van der Waals surface area (Å²) in [7, 11) is 5.68. The van der Waals surface area contributed by atoms with Crippen LogP contribution in [0.4, 0.5) is 5.69 Å². The van der Waals surface area contributed by atoms with E-state index in [0.717, 1.165) is 29.9 Å². The molecule has 1 aromatic carbocycles. The van der Waals surface area contributed by atoms with Crippen molar-refractivity contribution in [2.75, 3.05) is 32.1 Å². The number of fused-ring (bicyclic) bond motifs is 1. The molecule has 1 atom stereocenters. The maximum absolute atomic E-state index is 13.7. The standard InChI is InChI=1S/C24H27N7O3/c1-27(2)16-6-8-17(9-7-16)30-19-5-4-11-25-22(19)31(24(30)34)18-10-12-29(14-18)15-21-26-13-20(23(32)33)28(21)3/h4-9,11,13,18H,10,12,14-15H2,1-3H3,(H,32,33). The third-order valence-corrected chi connectivity index (χ3v) is 6.54. The molecule has 1 saturated heterocycles. The maximum atomic E-state index is 13.7. The van der Waals surface area contributed by atoms with Crippen LogP contribution in [0.5, 0.6) is 0 Å². The lowest BCUT2D eigenvalue weighted by Gasteiger charge is -2.16. The second-order valence-corrected chi connectivity index (χ2v) is 8.85. The molecule has 10 heteroatoms. The molecule has 4 heterocycles. The van der Waals surface area contributed by atoms with Crippen LogP contribution in [0.15, 0.2) is 53.6 Å². The number of likely N-dealkylation sites (tertiary alicyclic amines) is 1. The number of carbonyl (C=O) groups is 1. The molecule has 0 radical (unpaired) electrons. The van der Waals surface area contributed by atoms with Gasteiger partial charge in [-0.15, -0.1) is 0 Å². The van der Waals surface area contributed by atoms with Gasteiger partial charge in [0.15, 0.2) is 5.65 Å². The first-order chi connectivity index (χ1) is 16.3. The second-order valence-electron chi connectivity index (χ2n) is 8.85. The topological polar surface area (TPSA) is 101 Å². The monoisotopic (exact) mass is 461 g/mol. The molecule has 1 aliphatic rings. The summed E-state index contributed by atoms with van der Waals surface area (Å²) in [5.74, 6) is -0.309. The molecule has 0 amide bonds. The number of hydrogen-bond acceptors (Lipinski definition) is 6. The lowest BCUT2D eigenvalue weighted by atomic mass is 10.2. The molecule has 5 rings (SSSR count). The highest BCUT2D eigenvalue weighted by Gasteiger charge is 2.29. The number of carboxylic acids is 1. The zero-order valence-corrected chi connectivity index (χ0v) is 19.4. The number of rotatable bonds is 6. The van der Waals surface area contributed by atoms with Gasteiger partial charge in [-0.25, -0.2) is 19.6 Å². The molecule has 10 nitrogen and oxygen atoms in total. The van der Waals surface area contributed by atoms with Crippen LogP contribution in [-0.2, 0) is 13.6 Å². The Morgan fingerprint density at radius 2 is 1.94 bits per heavy atom. The zero-order valence-electron chi connectivity index (χ0n) is 19.4. The van der Waals surface area contributed by atoms with Gasteiger partial charge in [0, 0.05) is 46.1 Å². The molecular formula is C24H27N7O3. The minimum Gasteiger partial charge on any atom is -0.477 e. The van der Waals surface area contributed by atoms with Gasteiger partial charge in [-0.05, 0) is 42.8 Å². The molecule has 0 spiro atoms. The van der Waals surface area contributed by atoms with Crippen molar-refractivity contribution in [2.24, 2.45) is 7.05 Å². The van der Waals surface area contributed by atoms with Gasteiger partial charge in [-0.2, -0.15) is 0 Å². The molecule has 4 aromatic rings. The molecule has 1 unspecified atom stereocenters. The Labute approximate surface area is 196 Å². The van der Waals surface area contributed by atoms with Crippen LogP contribution in [0.3, 0.4) is 0 Å². The van der Waals surface area contributed by atoms with Crippen LogP contribution in [0.1, 0.15) is 28.8 Å². The van der Waals surface area contributed by atoms with E-state index < -0.39 is 5.97 Å². The van der Waals surface area contributed by atoms with Crippen LogP contribution in [0.25, 0.3) is 16.9 Å². The van der Waals surface area contributed by atoms with Crippen molar-refractivity contribution in [2.45, 2.75) is 19.0 Å². The summed E-state index contributed by atoms with van der Waals surface area (Å²) in [6, 6.07) is 11.6. The molecular weight excluding hydrogens is 434 g/mol. The highest BCUT2D eigenvalue weighted by molar-refractivity contribution is 5.85. The Hall–Kier alpha value is -3.92. The van der Waals surface area contributed by atoms with Crippen LogP contribution in [0, 0.1) is 0 Å². The molecule has 34 heavy (non-hydrogen) atoms. The van der Waals surface area contributed by atoms with E-state index in [0.29, 0.717) is 24.6 Å². The van der Waals surface area contributed by atoms with Gasteiger partial charge in [0.25, 0.3) is 0 Å². The number of hydrogen-bond donors (Lipinski definition) is 1. The van der Waals surface area contributed by atoms with E-state index in [1.165, 1.54) is 6.20 Å². The maximum Gasteiger partial charge on any atom is 0.354 e. The number of nitrogens with zero attached hydrogens (tertiary/aromatic N) is 7. The van der Waals surface area contributed by atoms with Crippen LogP contribution in [-0.4, -0.2) is 66.8 Å². The molecule has 176 valence electrons. The second kappa shape index (κ2) is 8.45. The number of aromatic carboxylic acids is 1. The third kappa shape index (κ3) is 3.65. The summed E-state index contributed by atoms with van der Waals surface area (Å²) in [6.45, 7) is 1.96. The molecule has 0 aliphatic carbocycles. The van der Waals surface area contributed by atoms with Crippen molar-refractivity contribution >= 4 is 22.8 Å². The smallest absolute Gasteiger partial charge is 0.354 e. The number of carboxylic acid groups (broad SMARTS) is 1. The van der Waals surface area contributed by atoms with E-state index in [1.54, 1.807) is 26.9 Å². The molecule has 1 aliphatic heterocycles. The summed E-state index contributed by atoms with van der Waals surface area (Å²) in [4.78, 5) is 38.0. The lowest BCUT2D eigenvalue weighted by Crippen LogP contribution is -2.29. The van der Waals surface area contributed by atoms with Gasteiger partial charge in [0.05, 0.1) is 30.0 Å². The van der Waals surface area contributed by atoms with E-state index in [9.17, 15) is 14.7 Å².